The van der Waals surface area contributed by atoms with Gasteiger partial charge in [-0.15, -0.1) is 6.58 Å². The fourth-order valence-corrected chi connectivity index (χ4v) is 3.08. The summed E-state index contributed by atoms with van der Waals surface area (Å²) in [6.45, 7) is 9.88. The lowest BCUT2D eigenvalue weighted by atomic mass is 10.2. The SMILES string of the molecule is C=CCN1CCCN(C(=O)CCC(=O)N2CCCC2)CC1. The molecule has 2 saturated heterocycles. The summed E-state index contributed by atoms with van der Waals surface area (Å²) in [5, 5.41) is 0. The smallest absolute Gasteiger partial charge is 0.223 e. The van der Waals surface area contributed by atoms with E-state index in [1.165, 1.54) is 0 Å². The third-order valence-corrected chi connectivity index (χ3v) is 4.34. The van der Waals surface area contributed by atoms with E-state index in [4.69, 9.17) is 0 Å². The van der Waals surface area contributed by atoms with Gasteiger partial charge < -0.3 is 9.80 Å². The molecule has 118 valence electrons. The summed E-state index contributed by atoms with van der Waals surface area (Å²) in [5.41, 5.74) is 0. The summed E-state index contributed by atoms with van der Waals surface area (Å²) in [4.78, 5) is 30.3. The second kappa shape index (κ2) is 8.17. The fourth-order valence-electron chi connectivity index (χ4n) is 3.08. The molecule has 0 aromatic heterocycles. The van der Waals surface area contributed by atoms with Crippen molar-refractivity contribution in [3.8, 4) is 0 Å². The van der Waals surface area contributed by atoms with Gasteiger partial charge in [-0.25, -0.2) is 0 Å². The predicted molar refractivity (Wildman–Crippen MR) is 82.9 cm³/mol. The topological polar surface area (TPSA) is 43.9 Å². The maximum atomic E-state index is 12.3. The molecule has 0 atom stereocenters. The zero-order valence-electron chi connectivity index (χ0n) is 12.9. The Balaban J connectivity index is 1.72. The van der Waals surface area contributed by atoms with Crippen LogP contribution in [0.5, 0.6) is 0 Å². The van der Waals surface area contributed by atoms with Crippen LogP contribution in [0, 0.1) is 0 Å². The Morgan fingerprint density at radius 2 is 1.38 bits per heavy atom. The highest BCUT2D eigenvalue weighted by atomic mass is 16.2. The highest BCUT2D eigenvalue weighted by Crippen LogP contribution is 2.11. The van der Waals surface area contributed by atoms with Crippen molar-refractivity contribution in [2.45, 2.75) is 32.1 Å². The molecule has 2 amide bonds. The third-order valence-electron chi connectivity index (χ3n) is 4.34. The first-order chi connectivity index (χ1) is 10.2. The molecular formula is C16H27N3O2. The van der Waals surface area contributed by atoms with Crippen molar-refractivity contribution in [3.63, 3.8) is 0 Å². The van der Waals surface area contributed by atoms with Gasteiger partial charge in [-0.2, -0.15) is 0 Å². The molecule has 0 unspecified atom stereocenters. The minimum atomic E-state index is 0.128. The molecule has 0 bridgehead atoms. The second-order valence-electron chi connectivity index (χ2n) is 5.91. The van der Waals surface area contributed by atoms with Crippen LogP contribution in [0.15, 0.2) is 12.7 Å². The van der Waals surface area contributed by atoms with E-state index in [1.54, 1.807) is 0 Å². The number of hydrogen-bond donors (Lipinski definition) is 0. The zero-order valence-corrected chi connectivity index (χ0v) is 12.9. The van der Waals surface area contributed by atoms with Crippen molar-refractivity contribution in [1.29, 1.82) is 0 Å². The summed E-state index contributed by atoms with van der Waals surface area (Å²) in [6, 6.07) is 0. The molecule has 2 heterocycles. The van der Waals surface area contributed by atoms with Crippen molar-refractivity contribution in [2.75, 3.05) is 45.8 Å². The van der Waals surface area contributed by atoms with E-state index >= 15 is 0 Å². The molecular weight excluding hydrogens is 266 g/mol. The van der Waals surface area contributed by atoms with Gasteiger partial charge in [0, 0.05) is 58.7 Å². The summed E-state index contributed by atoms with van der Waals surface area (Å²) >= 11 is 0. The van der Waals surface area contributed by atoms with Gasteiger partial charge >= 0.3 is 0 Å². The van der Waals surface area contributed by atoms with E-state index in [2.05, 4.69) is 11.5 Å². The molecule has 5 heteroatoms. The average Bonchev–Trinajstić information content (AvgIpc) is 2.92. The van der Waals surface area contributed by atoms with E-state index in [-0.39, 0.29) is 11.8 Å². The number of carbonyl (C=O) groups is 2. The Kier molecular flexibility index (Phi) is 6.23. The van der Waals surface area contributed by atoms with Gasteiger partial charge in [0.15, 0.2) is 0 Å². The van der Waals surface area contributed by atoms with Gasteiger partial charge in [0.25, 0.3) is 0 Å². The molecule has 0 aromatic rings. The Morgan fingerprint density at radius 1 is 0.810 bits per heavy atom. The minimum absolute atomic E-state index is 0.128. The summed E-state index contributed by atoms with van der Waals surface area (Å²) in [7, 11) is 0. The van der Waals surface area contributed by atoms with Gasteiger partial charge in [-0.1, -0.05) is 6.08 Å². The minimum Gasteiger partial charge on any atom is -0.343 e. The Bertz CT molecular complexity index is 378. The van der Waals surface area contributed by atoms with Crippen molar-refractivity contribution in [3.05, 3.63) is 12.7 Å². The van der Waals surface area contributed by atoms with Crippen LogP contribution >= 0.6 is 0 Å². The van der Waals surface area contributed by atoms with Crippen LogP contribution in [0.1, 0.15) is 32.1 Å². The van der Waals surface area contributed by atoms with Crippen LogP contribution in [0.25, 0.3) is 0 Å². The van der Waals surface area contributed by atoms with Crippen molar-refractivity contribution in [2.24, 2.45) is 0 Å². The van der Waals surface area contributed by atoms with E-state index < -0.39 is 0 Å². The molecule has 21 heavy (non-hydrogen) atoms. The first kappa shape index (κ1) is 16.0. The van der Waals surface area contributed by atoms with Crippen LogP contribution in [0.4, 0.5) is 0 Å². The van der Waals surface area contributed by atoms with Gasteiger partial charge in [0.1, 0.15) is 0 Å². The maximum absolute atomic E-state index is 12.3. The zero-order chi connectivity index (χ0) is 15.1. The van der Waals surface area contributed by atoms with E-state index in [0.717, 1.165) is 65.1 Å². The van der Waals surface area contributed by atoms with Crippen LogP contribution in [-0.2, 0) is 9.59 Å². The van der Waals surface area contributed by atoms with Crippen molar-refractivity contribution < 1.29 is 9.59 Å². The largest absolute Gasteiger partial charge is 0.343 e. The van der Waals surface area contributed by atoms with Gasteiger partial charge in [-0.05, 0) is 19.3 Å². The van der Waals surface area contributed by atoms with Gasteiger partial charge in [0.2, 0.25) is 11.8 Å². The maximum Gasteiger partial charge on any atom is 0.223 e. The summed E-state index contributed by atoms with van der Waals surface area (Å²) in [6.07, 6.45) is 5.84. The number of likely N-dealkylation sites (tertiary alicyclic amines) is 1. The molecule has 0 saturated carbocycles. The quantitative estimate of drug-likeness (QED) is 0.713. The van der Waals surface area contributed by atoms with E-state index in [9.17, 15) is 9.59 Å². The van der Waals surface area contributed by atoms with E-state index in [1.807, 2.05) is 15.9 Å². The van der Waals surface area contributed by atoms with Crippen LogP contribution in [-0.4, -0.2) is 72.3 Å². The Labute approximate surface area is 127 Å². The number of carbonyl (C=O) groups excluding carboxylic acids is 2. The Hall–Kier alpha value is -1.36. The van der Waals surface area contributed by atoms with Gasteiger partial charge in [-0.3, -0.25) is 14.5 Å². The number of nitrogens with zero attached hydrogens (tertiary/aromatic N) is 3. The highest BCUT2D eigenvalue weighted by molar-refractivity contribution is 5.84. The number of amides is 2. The molecule has 2 aliphatic rings. The lowest BCUT2D eigenvalue weighted by Crippen LogP contribution is -2.36. The third kappa shape index (κ3) is 4.84. The summed E-state index contributed by atoms with van der Waals surface area (Å²) in [5.74, 6) is 0.270. The van der Waals surface area contributed by atoms with Crippen molar-refractivity contribution >= 4 is 11.8 Å². The normalized spacial score (nSPS) is 20.4. The Morgan fingerprint density at radius 3 is 2.00 bits per heavy atom. The predicted octanol–water partition coefficient (Wildman–Crippen LogP) is 1.11. The molecule has 0 spiro atoms. The van der Waals surface area contributed by atoms with Gasteiger partial charge in [0.05, 0.1) is 0 Å². The number of rotatable bonds is 5. The average molecular weight is 293 g/mol. The molecule has 0 aromatic carbocycles. The molecule has 0 N–H and O–H groups in total. The molecule has 2 fully saturated rings. The van der Waals surface area contributed by atoms with Crippen LogP contribution < -0.4 is 0 Å². The fraction of sp³-hybridized carbons (Fsp3) is 0.750. The molecule has 2 rings (SSSR count). The van der Waals surface area contributed by atoms with Crippen LogP contribution in [0.2, 0.25) is 0 Å². The highest BCUT2D eigenvalue weighted by Gasteiger charge is 2.22. The second-order valence-corrected chi connectivity index (χ2v) is 5.91. The molecule has 0 radical (unpaired) electrons. The van der Waals surface area contributed by atoms with E-state index in [0.29, 0.717) is 12.8 Å². The van der Waals surface area contributed by atoms with Crippen LogP contribution in [0.3, 0.4) is 0 Å². The lowest BCUT2D eigenvalue weighted by molar-refractivity contribution is -0.136. The van der Waals surface area contributed by atoms with Crippen molar-refractivity contribution in [1.82, 2.24) is 14.7 Å². The monoisotopic (exact) mass is 293 g/mol. The molecule has 2 aliphatic heterocycles. The first-order valence-corrected chi connectivity index (χ1v) is 8.09. The number of hydrogen-bond acceptors (Lipinski definition) is 3. The summed E-state index contributed by atoms with van der Waals surface area (Å²) < 4.78 is 0. The standard InChI is InChI=1S/C16H27N3O2/c1-2-8-17-9-5-12-19(14-13-17)16(21)7-6-15(20)18-10-3-4-11-18/h2H,1,3-14H2. The molecule has 5 nitrogen and oxygen atoms in total. The lowest BCUT2D eigenvalue weighted by Gasteiger charge is -2.22. The molecule has 0 aliphatic carbocycles. The first-order valence-electron chi connectivity index (χ1n) is 8.09.